The van der Waals surface area contributed by atoms with E-state index >= 15 is 0 Å². The first kappa shape index (κ1) is 21.1. The molecule has 29 heavy (non-hydrogen) atoms. The highest BCUT2D eigenvalue weighted by molar-refractivity contribution is 7.99. The third-order valence-corrected chi connectivity index (χ3v) is 5.28. The molecule has 0 aliphatic rings. The first-order valence-electron chi connectivity index (χ1n) is 8.95. The molecule has 0 radical (unpaired) electrons. The van der Waals surface area contributed by atoms with Crippen molar-refractivity contribution in [3.8, 4) is 22.9 Å². The van der Waals surface area contributed by atoms with Gasteiger partial charge in [-0.25, -0.2) is 0 Å². The zero-order valence-electron chi connectivity index (χ0n) is 16.0. The predicted octanol–water partition coefficient (Wildman–Crippen LogP) is 4.40. The molecule has 6 nitrogen and oxygen atoms in total. The summed E-state index contributed by atoms with van der Waals surface area (Å²) in [6.07, 6.45) is -0.785. The van der Waals surface area contributed by atoms with Crippen molar-refractivity contribution in [3.05, 3.63) is 54.1 Å². The maximum atomic E-state index is 12.2. The monoisotopic (exact) mass is 421 g/mol. The lowest BCUT2D eigenvalue weighted by atomic mass is 10.1. The lowest BCUT2D eigenvalue weighted by molar-refractivity contribution is -0.0498. The quantitative estimate of drug-likeness (QED) is 0.517. The first-order chi connectivity index (χ1) is 14.0. The van der Waals surface area contributed by atoms with Gasteiger partial charge in [0.25, 0.3) is 0 Å². The number of halogens is 2. The Morgan fingerprint density at radius 2 is 1.69 bits per heavy atom. The molecule has 0 amide bonds. The minimum atomic E-state index is -2.87. The zero-order chi connectivity index (χ0) is 20.8. The van der Waals surface area contributed by atoms with Gasteiger partial charge in [0, 0.05) is 17.9 Å². The second kappa shape index (κ2) is 9.71. The van der Waals surface area contributed by atoms with Crippen molar-refractivity contribution in [1.29, 1.82) is 0 Å². The molecule has 1 atom stereocenters. The van der Waals surface area contributed by atoms with E-state index in [1.807, 2.05) is 35.8 Å². The molecule has 0 aliphatic heterocycles. The van der Waals surface area contributed by atoms with Crippen LogP contribution in [0.5, 0.6) is 11.5 Å². The molecule has 1 heterocycles. The number of hydrogen-bond donors (Lipinski definition) is 1. The summed E-state index contributed by atoms with van der Waals surface area (Å²) in [5.41, 5.74) is 1.53. The van der Waals surface area contributed by atoms with Crippen LogP contribution in [0.15, 0.2) is 53.7 Å². The third-order valence-electron chi connectivity index (χ3n) is 4.24. The average Bonchev–Trinajstić information content (AvgIpc) is 3.15. The van der Waals surface area contributed by atoms with Gasteiger partial charge >= 0.3 is 6.61 Å². The maximum absolute atomic E-state index is 12.2. The summed E-state index contributed by atoms with van der Waals surface area (Å²) in [7, 11) is 1.61. The molecule has 2 aromatic carbocycles. The van der Waals surface area contributed by atoms with Crippen LogP contribution in [0.2, 0.25) is 0 Å². The Hall–Kier alpha value is -2.65. The van der Waals surface area contributed by atoms with Gasteiger partial charge in [0.05, 0.1) is 13.2 Å². The average molecular weight is 421 g/mol. The van der Waals surface area contributed by atoms with Crippen LogP contribution in [0, 0.1) is 0 Å². The van der Waals surface area contributed by atoms with E-state index < -0.39 is 12.7 Å². The van der Waals surface area contributed by atoms with E-state index in [0.29, 0.717) is 23.0 Å². The standard InChI is InChI=1S/C20H21F2N3O3S/c1-3-25-18(14-6-8-15(27-2)9-7-14)23-24-20(25)29-12-17(26)13-4-10-16(11-5-13)28-19(21)22/h4-11,17,19,26H,3,12H2,1-2H3. The van der Waals surface area contributed by atoms with Crippen molar-refractivity contribution in [3.63, 3.8) is 0 Å². The van der Waals surface area contributed by atoms with Gasteiger partial charge in [0.1, 0.15) is 11.5 Å². The molecule has 3 aromatic rings. The van der Waals surface area contributed by atoms with E-state index in [1.54, 1.807) is 19.2 Å². The third kappa shape index (κ3) is 5.24. The minimum Gasteiger partial charge on any atom is -0.497 e. The fourth-order valence-electron chi connectivity index (χ4n) is 2.76. The van der Waals surface area contributed by atoms with Crippen molar-refractivity contribution < 1.29 is 23.4 Å². The molecular weight excluding hydrogens is 400 g/mol. The number of benzene rings is 2. The summed E-state index contributed by atoms with van der Waals surface area (Å²) >= 11 is 1.38. The summed E-state index contributed by atoms with van der Waals surface area (Å²) in [6.45, 7) is -0.202. The molecule has 0 aliphatic carbocycles. The lowest BCUT2D eigenvalue weighted by Crippen LogP contribution is -2.05. The van der Waals surface area contributed by atoms with Crippen LogP contribution >= 0.6 is 11.8 Å². The first-order valence-corrected chi connectivity index (χ1v) is 9.93. The molecule has 1 N–H and O–H groups in total. The number of nitrogens with zero attached hydrogens (tertiary/aromatic N) is 3. The summed E-state index contributed by atoms with van der Waals surface area (Å²) in [6, 6.07) is 13.5. The van der Waals surface area contributed by atoms with Crippen molar-refractivity contribution in [2.75, 3.05) is 12.9 Å². The second-order valence-corrected chi connectivity index (χ2v) is 7.04. The van der Waals surface area contributed by atoms with Crippen LogP contribution < -0.4 is 9.47 Å². The molecule has 1 unspecified atom stereocenters. The van der Waals surface area contributed by atoms with Gasteiger partial charge in [-0.3, -0.25) is 0 Å². The topological polar surface area (TPSA) is 69.4 Å². The van der Waals surface area contributed by atoms with Crippen molar-refractivity contribution in [1.82, 2.24) is 14.8 Å². The number of hydrogen-bond acceptors (Lipinski definition) is 6. The number of rotatable bonds is 9. The number of aliphatic hydroxyl groups is 1. The lowest BCUT2D eigenvalue weighted by Gasteiger charge is -2.12. The number of alkyl halides is 2. The molecule has 1 aromatic heterocycles. The van der Waals surface area contributed by atoms with Crippen molar-refractivity contribution in [2.24, 2.45) is 0 Å². The van der Waals surface area contributed by atoms with Gasteiger partial charge in [-0.1, -0.05) is 23.9 Å². The molecular formula is C20H21F2N3O3S. The van der Waals surface area contributed by atoms with Crippen LogP contribution in [-0.4, -0.2) is 39.3 Å². The largest absolute Gasteiger partial charge is 0.497 e. The van der Waals surface area contributed by atoms with Crippen molar-refractivity contribution in [2.45, 2.75) is 31.3 Å². The Labute approximate surface area is 171 Å². The smallest absolute Gasteiger partial charge is 0.387 e. The van der Waals surface area contributed by atoms with Gasteiger partial charge in [-0.2, -0.15) is 8.78 Å². The Kier molecular flexibility index (Phi) is 7.05. The normalized spacial score (nSPS) is 12.2. The van der Waals surface area contributed by atoms with E-state index in [4.69, 9.17) is 4.74 Å². The van der Waals surface area contributed by atoms with Crippen LogP contribution in [0.25, 0.3) is 11.4 Å². The Morgan fingerprint density at radius 1 is 1.03 bits per heavy atom. The number of aromatic nitrogens is 3. The molecule has 0 fully saturated rings. The highest BCUT2D eigenvalue weighted by atomic mass is 32.2. The Morgan fingerprint density at radius 3 is 2.28 bits per heavy atom. The number of aliphatic hydroxyl groups excluding tert-OH is 1. The summed E-state index contributed by atoms with van der Waals surface area (Å²) in [5, 5.41) is 19.6. The molecule has 0 saturated carbocycles. The van der Waals surface area contributed by atoms with Gasteiger partial charge < -0.3 is 19.1 Å². The van der Waals surface area contributed by atoms with E-state index in [2.05, 4.69) is 14.9 Å². The molecule has 0 saturated heterocycles. The van der Waals surface area contributed by atoms with Crippen molar-refractivity contribution >= 4 is 11.8 Å². The van der Waals surface area contributed by atoms with Gasteiger partial charge in [0.15, 0.2) is 11.0 Å². The molecule has 154 valence electrons. The second-order valence-electron chi connectivity index (χ2n) is 6.05. The van der Waals surface area contributed by atoms with Crippen LogP contribution in [0.4, 0.5) is 8.78 Å². The van der Waals surface area contributed by atoms with Crippen LogP contribution in [0.3, 0.4) is 0 Å². The number of thioether (sulfide) groups is 1. The van der Waals surface area contributed by atoms with Gasteiger partial charge in [0.2, 0.25) is 0 Å². The zero-order valence-corrected chi connectivity index (χ0v) is 16.8. The van der Waals surface area contributed by atoms with Crippen LogP contribution in [0.1, 0.15) is 18.6 Å². The molecule has 0 bridgehead atoms. The highest BCUT2D eigenvalue weighted by Gasteiger charge is 2.16. The number of methoxy groups -OCH3 is 1. The molecule has 0 spiro atoms. The van der Waals surface area contributed by atoms with Gasteiger partial charge in [-0.05, 0) is 48.9 Å². The van der Waals surface area contributed by atoms with E-state index in [1.165, 1.54) is 23.9 Å². The van der Waals surface area contributed by atoms with Crippen LogP contribution in [-0.2, 0) is 6.54 Å². The summed E-state index contributed by atoms with van der Waals surface area (Å²) in [5.74, 6) is 1.90. The molecule has 9 heteroatoms. The minimum absolute atomic E-state index is 0.0541. The Balaban J connectivity index is 1.67. The Bertz CT molecular complexity index is 918. The fourth-order valence-corrected chi connectivity index (χ4v) is 3.72. The number of ether oxygens (including phenoxy) is 2. The molecule has 3 rings (SSSR count). The summed E-state index contributed by atoms with van der Waals surface area (Å²) < 4.78 is 35.9. The highest BCUT2D eigenvalue weighted by Crippen LogP contribution is 2.29. The van der Waals surface area contributed by atoms with E-state index in [-0.39, 0.29) is 5.75 Å². The van der Waals surface area contributed by atoms with Gasteiger partial charge in [-0.15, -0.1) is 10.2 Å². The SMILES string of the molecule is CCn1c(SCC(O)c2ccc(OC(F)F)cc2)nnc1-c1ccc(OC)cc1. The maximum Gasteiger partial charge on any atom is 0.387 e. The predicted molar refractivity (Wildman–Crippen MR) is 106 cm³/mol. The van der Waals surface area contributed by atoms with E-state index in [9.17, 15) is 13.9 Å². The fraction of sp³-hybridized carbons (Fsp3) is 0.300. The van der Waals surface area contributed by atoms with E-state index in [0.717, 1.165) is 17.1 Å². The summed E-state index contributed by atoms with van der Waals surface area (Å²) in [4.78, 5) is 0.